The zero-order valence-corrected chi connectivity index (χ0v) is 11.0. The van der Waals surface area contributed by atoms with Gasteiger partial charge in [0.1, 0.15) is 5.82 Å². The van der Waals surface area contributed by atoms with Crippen LogP contribution in [0.3, 0.4) is 0 Å². The quantitative estimate of drug-likeness (QED) is 0.826. The fraction of sp³-hybridized carbons (Fsp3) is 0.500. The average Bonchev–Trinajstić information content (AvgIpc) is 2.31. The number of anilines is 1. The van der Waals surface area contributed by atoms with E-state index in [9.17, 15) is 4.39 Å². The summed E-state index contributed by atoms with van der Waals surface area (Å²) in [4.78, 5) is 0.712. The van der Waals surface area contributed by atoms with Crippen LogP contribution in [0.25, 0.3) is 0 Å². The Labute approximate surface area is 105 Å². The fourth-order valence-corrected chi connectivity index (χ4v) is 3.38. The van der Waals surface area contributed by atoms with Gasteiger partial charge in [-0.25, -0.2) is 4.39 Å². The molecule has 0 aromatic heterocycles. The summed E-state index contributed by atoms with van der Waals surface area (Å²) >= 11 is 3.42. The van der Waals surface area contributed by atoms with E-state index in [1.807, 2.05) is 30.2 Å². The van der Waals surface area contributed by atoms with Crippen LogP contribution in [0.15, 0.2) is 23.1 Å². The lowest BCUT2D eigenvalue weighted by molar-refractivity contribution is 0.601. The molecule has 0 amide bonds. The zero-order valence-electron chi connectivity index (χ0n) is 9.33. The lowest BCUT2D eigenvalue weighted by Crippen LogP contribution is -2.25. The van der Waals surface area contributed by atoms with Crippen molar-refractivity contribution in [3.8, 4) is 0 Å². The molecule has 4 heteroatoms. The third kappa shape index (κ3) is 3.08. The predicted octanol–water partition coefficient (Wildman–Crippen LogP) is 3.86. The molecule has 1 N–H and O–H groups in total. The Bertz CT molecular complexity index is 351. The Kier molecular flexibility index (Phi) is 4.41. The van der Waals surface area contributed by atoms with Crippen molar-refractivity contribution in [1.29, 1.82) is 0 Å². The van der Waals surface area contributed by atoms with Gasteiger partial charge in [0.25, 0.3) is 0 Å². The van der Waals surface area contributed by atoms with E-state index in [1.165, 1.54) is 30.4 Å². The molecule has 0 aliphatic carbocycles. The van der Waals surface area contributed by atoms with Crippen molar-refractivity contribution in [2.75, 3.05) is 23.1 Å². The summed E-state index contributed by atoms with van der Waals surface area (Å²) < 4.78 is 13.5. The monoisotopic (exact) mass is 257 g/mol. The van der Waals surface area contributed by atoms with E-state index in [4.69, 9.17) is 0 Å². The summed E-state index contributed by atoms with van der Waals surface area (Å²) in [6.45, 7) is 0. The van der Waals surface area contributed by atoms with Gasteiger partial charge < -0.3 is 5.32 Å². The van der Waals surface area contributed by atoms with Crippen LogP contribution in [0.1, 0.15) is 12.8 Å². The summed E-state index contributed by atoms with van der Waals surface area (Å²) in [5.74, 6) is 2.27. The number of halogens is 1. The molecule has 1 fully saturated rings. The zero-order chi connectivity index (χ0) is 11.4. The third-order valence-corrected chi connectivity index (χ3v) is 4.67. The van der Waals surface area contributed by atoms with Crippen LogP contribution in [-0.2, 0) is 0 Å². The Hall–Kier alpha value is -0.350. The van der Waals surface area contributed by atoms with Crippen LogP contribution < -0.4 is 5.32 Å². The van der Waals surface area contributed by atoms with Crippen molar-refractivity contribution in [2.24, 2.45) is 0 Å². The standard InChI is InChI=1S/C12H16FNS2/c1-15-12-5-4-9(7-11(12)13)14-10-3-2-6-16-8-10/h4-5,7,10,14H,2-3,6,8H2,1H3. The molecule has 0 saturated carbocycles. The first kappa shape index (κ1) is 12.1. The number of thioether (sulfide) groups is 2. The number of hydrogen-bond acceptors (Lipinski definition) is 3. The number of benzene rings is 1. The lowest BCUT2D eigenvalue weighted by atomic mass is 10.1. The Balaban J connectivity index is 2.01. The van der Waals surface area contributed by atoms with Crippen molar-refractivity contribution < 1.29 is 4.39 Å². The van der Waals surface area contributed by atoms with Crippen molar-refractivity contribution in [3.63, 3.8) is 0 Å². The van der Waals surface area contributed by atoms with E-state index in [2.05, 4.69) is 5.32 Å². The van der Waals surface area contributed by atoms with Gasteiger partial charge in [-0.3, -0.25) is 0 Å². The minimum absolute atomic E-state index is 0.124. The van der Waals surface area contributed by atoms with E-state index in [1.54, 1.807) is 6.07 Å². The fourth-order valence-electron chi connectivity index (χ4n) is 1.85. The Morgan fingerprint density at radius 3 is 3.00 bits per heavy atom. The molecular weight excluding hydrogens is 241 g/mol. The minimum Gasteiger partial charge on any atom is -0.381 e. The van der Waals surface area contributed by atoms with E-state index in [-0.39, 0.29) is 5.82 Å². The molecule has 1 aromatic carbocycles. The molecule has 1 aliphatic rings. The van der Waals surface area contributed by atoms with Crippen molar-refractivity contribution in [2.45, 2.75) is 23.8 Å². The van der Waals surface area contributed by atoms with Crippen LogP contribution >= 0.6 is 23.5 Å². The van der Waals surface area contributed by atoms with E-state index >= 15 is 0 Å². The highest BCUT2D eigenvalue weighted by Crippen LogP contribution is 2.25. The third-order valence-electron chi connectivity index (χ3n) is 2.68. The molecule has 1 heterocycles. The van der Waals surface area contributed by atoms with Crippen molar-refractivity contribution in [1.82, 2.24) is 0 Å². The molecule has 1 nitrogen and oxygen atoms in total. The smallest absolute Gasteiger partial charge is 0.138 e. The van der Waals surface area contributed by atoms with Gasteiger partial charge in [-0.2, -0.15) is 11.8 Å². The Morgan fingerprint density at radius 2 is 2.38 bits per heavy atom. The second kappa shape index (κ2) is 5.82. The van der Waals surface area contributed by atoms with Crippen LogP contribution in [0.2, 0.25) is 0 Å². The maximum absolute atomic E-state index is 13.5. The van der Waals surface area contributed by atoms with Crippen LogP contribution in [0.5, 0.6) is 0 Å². The van der Waals surface area contributed by atoms with Gasteiger partial charge in [0.05, 0.1) is 0 Å². The number of rotatable bonds is 3. The largest absolute Gasteiger partial charge is 0.381 e. The molecule has 1 unspecified atom stereocenters. The molecule has 0 radical (unpaired) electrons. The van der Waals surface area contributed by atoms with Crippen molar-refractivity contribution in [3.05, 3.63) is 24.0 Å². The summed E-state index contributed by atoms with van der Waals surface area (Å²) in [5, 5.41) is 3.40. The molecule has 16 heavy (non-hydrogen) atoms. The topological polar surface area (TPSA) is 12.0 Å². The highest BCUT2D eigenvalue weighted by molar-refractivity contribution is 7.99. The second-order valence-electron chi connectivity index (χ2n) is 3.91. The average molecular weight is 257 g/mol. The molecule has 1 saturated heterocycles. The van der Waals surface area contributed by atoms with Crippen LogP contribution in [-0.4, -0.2) is 23.8 Å². The van der Waals surface area contributed by atoms with Gasteiger partial charge >= 0.3 is 0 Å². The first-order chi connectivity index (χ1) is 7.79. The minimum atomic E-state index is -0.124. The van der Waals surface area contributed by atoms with E-state index in [0.717, 1.165) is 11.4 Å². The second-order valence-corrected chi connectivity index (χ2v) is 5.91. The van der Waals surface area contributed by atoms with Gasteiger partial charge in [-0.05, 0) is 43.0 Å². The molecule has 0 bridgehead atoms. The van der Waals surface area contributed by atoms with Crippen molar-refractivity contribution >= 4 is 29.2 Å². The predicted molar refractivity (Wildman–Crippen MR) is 72.2 cm³/mol. The van der Waals surface area contributed by atoms with Gasteiger partial charge in [0.15, 0.2) is 0 Å². The lowest BCUT2D eigenvalue weighted by Gasteiger charge is -2.23. The first-order valence-corrected chi connectivity index (χ1v) is 7.85. The molecule has 1 aromatic rings. The molecule has 0 spiro atoms. The normalized spacial score (nSPS) is 20.8. The molecule has 1 aliphatic heterocycles. The van der Waals surface area contributed by atoms with Crippen LogP contribution in [0, 0.1) is 5.82 Å². The summed E-state index contributed by atoms with van der Waals surface area (Å²) in [6, 6.07) is 5.91. The van der Waals surface area contributed by atoms with Gasteiger partial charge in [0, 0.05) is 22.4 Å². The Morgan fingerprint density at radius 1 is 1.50 bits per heavy atom. The highest BCUT2D eigenvalue weighted by atomic mass is 32.2. The van der Waals surface area contributed by atoms with E-state index < -0.39 is 0 Å². The maximum Gasteiger partial charge on any atom is 0.138 e. The summed E-state index contributed by atoms with van der Waals surface area (Å²) in [5.41, 5.74) is 0.905. The van der Waals surface area contributed by atoms with Crippen LogP contribution in [0.4, 0.5) is 10.1 Å². The summed E-state index contributed by atoms with van der Waals surface area (Å²) in [7, 11) is 0. The number of nitrogens with one attached hydrogen (secondary N) is 1. The van der Waals surface area contributed by atoms with Gasteiger partial charge in [0.2, 0.25) is 0 Å². The highest BCUT2D eigenvalue weighted by Gasteiger charge is 2.13. The van der Waals surface area contributed by atoms with Gasteiger partial charge in [-0.15, -0.1) is 11.8 Å². The first-order valence-electron chi connectivity index (χ1n) is 5.47. The SMILES string of the molecule is CSc1ccc(NC2CCCSC2)cc1F. The summed E-state index contributed by atoms with van der Waals surface area (Å²) in [6.07, 6.45) is 4.34. The molecule has 2 rings (SSSR count). The molecule has 1 atom stereocenters. The molecule has 88 valence electrons. The number of hydrogen-bond donors (Lipinski definition) is 1. The maximum atomic E-state index is 13.5. The van der Waals surface area contributed by atoms with Gasteiger partial charge in [-0.1, -0.05) is 0 Å². The molecular formula is C12H16FNS2. The van der Waals surface area contributed by atoms with E-state index in [0.29, 0.717) is 10.9 Å².